The van der Waals surface area contributed by atoms with E-state index < -0.39 is 11.6 Å². The van der Waals surface area contributed by atoms with Crippen molar-refractivity contribution in [3.05, 3.63) is 35.4 Å². The Bertz CT molecular complexity index is 379. The highest BCUT2D eigenvalue weighted by molar-refractivity contribution is 5.82. The van der Waals surface area contributed by atoms with Gasteiger partial charge in [-0.3, -0.25) is 4.79 Å². The molecule has 0 saturated heterocycles. The molecule has 0 aliphatic carbocycles. The van der Waals surface area contributed by atoms with Gasteiger partial charge in [0, 0.05) is 12.1 Å². The van der Waals surface area contributed by atoms with E-state index in [9.17, 15) is 4.79 Å². The molecule has 0 aliphatic heterocycles. The van der Waals surface area contributed by atoms with E-state index >= 15 is 0 Å². The van der Waals surface area contributed by atoms with Gasteiger partial charge in [0.2, 0.25) is 5.91 Å². The molecule has 0 aromatic heterocycles. The molecule has 94 valence electrons. The fourth-order valence-corrected chi connectivity index (χ4v) is 1.35. The molecule has 0 fully saturated rings. The highest BCUT2D eigenvalue weighted by Gasteiger charge is 2.18. The number of nitrogens with one attached hydrogen (secondary N) is 1. The smallest absolute Gasteiger partial charge is 0.241 e. The van der Waals surface area contributed by atoms with Gasteiger partial charge in [-0.2, -0.15) is 0 Å². The van der Waals surface area contributed by atoms with Gasteiger partial charge in [0.05, 0.1) is 0 Å². The molecule has 4 nitrogen and oxygen atoms in total. The standard InChI is InChI=1S/C13H21N3O/c1-9-4-6-10(7-5-9)11(14)12(17)16-8-13(2,3)15/h4-7,11H,8,14-15H2,1-3H3,(H,16,17). The second-order valence-electron chi connectivity index (χ2n) is 5.09. The van der Waals surface area contributed by atoms with Crippen LogP contribution < -0.4 is 16.8 Å². The first-order chi connectivity index (χ1) is 7.79. The molecule has 1 atom stereocenters. The van der Waals surface area contributed by atoms with E-state index in [4.69, 9.17) is 11.5 Å². The van der Waals surface area contributed by atoms with Crippen LogP contribution in [0.15, 0.2) is 24.3 Å². The van der Waals surface area contributed by atoms with Gasteiger partial charge in [0.1, 0.15) is 6.04 Å². The molecule has 1 aromatic carbocycles. The molecule has 4 heteroatoms. The van der Waals surface area contributed by atoms with E-state index in [1.165, 1.54) is 0 Å². The second-order valence-corrected chi connectivity index (χ2v) is 5.09. The Morgan fingerprint density at radius 1 is 1.35 bits per heavy atom. The Labute approximate surface area is 102 Å². The highest BCUT2D eigenvalue weighted by atomic mass is 16.2. The maximum Gasteiger partial charge on any atom is 0.241 e. The summed E-state index contributed by atoms with van der Waals surface area (Å²) in [5, 5.41) is 2.75. The Morgan fingerprint density at radius 3 is 2.35 bits per heavy atom. The van der Waals surface area contributed by atoms with Crippen molar-refractivity contribution >= 4 is 5.91 Å². The van der Waals surface area contributed by atoms with Crippen LogP contribution in [-0.4, -0.2) is 18.0 Å². The summed E-state index contributed by atoms with van der Waals surface area (Å²) < 4.78 is 0. The zero-order valence-electron chi connectivity index (χ0n) is 10.7. The fraction of sp³-hybridized carbons (Fsp3) is 0.462. The average molecular weight is 235 g/mol. The van der Waals surface area contributed by atoms with Crippen LogP contribution in [0.25, 0.3) is 0 Å². The van der Waals surface area contributed by atoms with Crippen molar-refractivity contribution in [2.75, 3.05) is 6.54 Å². The Kier molecular flexibility index (Phi) is 4.26. The number of hydrogen-bond donors (Lipinski definition) is 3. The van der Waals surface area contributed by atoms with Crippen LogP contribution in [0, 0.1) is 6.92 Å². The second kappa shape index (κ2) is 5.29. The van der Waals surface area contributed by atoms with E-state index in [2.05, 4.69) is 5.32 Å². The van der Waals surface area contributed by atoms with E-state index in [1.54, 1.807) is 0 Å². The third-order valence-electron chi connectivity index (χ3n) is 2.44. The number of carbonyl (C=O) groups excluding carboxylic acids is 1. The Morgan fingerprint density at radius 2 is 1.88 bits per heavy atom. The number of nitrogens with two attached hydrogens (primary N) is 2. The molecule has 1 unspecified atom stereocenters. The number of aryl methyl sites for hydroxylation is 1. The molecule has 0 heterocycles. The van der Waals surface area contributed by atoms with Gasteiger partial charge in [-0.1, -0.05) is 29.8 Å². The van der Waals surface area contributed by atoms with Gasteiger partial charge in [0.15, 0.2) is 0 Å². The molecular weight excluding hydrogens is 214 g/mol. The first kappa shape index (κ1) is 13.7. The number of benzene rings is 1. The lowest BCUT2D eigenvalue weighted by Crippen LogP contribution is -2.47. The zero-order chi connectivity index (χ0) is 13.1. The fourth-order valence-electron chi connectivity index (χ4n) is 1.35. The zero-order valence-corrected chi connectivity index (χ0v) is 10.7. The van der Waals surface area contributed by atoms with Crippen molar-refractivity contribution in [2.45, 2.75) is 32.4 Å². The van der Waals surface area contributed by atoms with Crippen LogP contribution in [0.5, 0.6) is 0 Å². The van der Waals surface area contributed by atoms with Crippen LogP contribution in [0.3, 0.4) is 0 Å². The lowest BCUT2D eigenvalue weighted by atomic mass is 10.0. The molecule has 0 aliphatic rings. The number of amides is 1. The molecule has 0 radical (unpaired) electrons. The summed E-state index contributed by atoms with van der Waals surface area (Å²) in [6.07, 6.45) is 0. The maximum atomic E-state index is 11.8. The SMILES string of the molecule is Cc1ccc(C(N)C(=O)NCC(C)(C)N)cc1. The van der Waals surface area contributed by atoms with Crippen LogP contribution in [0.1, 0.15) is 31.0 Å². The first-order valence-electron chi connectivity index (χ1n) is 5.68. The van der Waals surface area contributed by atoms with Crippen LogP contribution in [-0.2, 0) is 4.79 Å². The number of carbonyl (C=O) groups is 1. The molecule has 5 N–H and O–H groups in total. The number of rotatable bonds is 4. The van der Waals surface area contributed by atoms with Gasteiger partial charge in [-0.05, 0) is 26.3 Å². The van der Waals surface area contributed by atoms with E-state index in [0.717, 1.165) is 11.1 Å². The summed E-state index contributed by atoms with van der Waals surface area (Å²) in [5.74, 6) is -0.202. The van der Waals surface area contributed by atoms with Crippen molar-refractivity contribution in [3.8, 4) is 0 Å². The van der Waals surface area contributed by atoms with Gasteiger partial charge in [0.25, 0.3) is 0 Å². The largest absolute Gasteiger partial charge is 0.353 e. The van der Waals surface area contributed by atoms with Gasteiger partial charge in [-0.15, -0.1) is 0 Å². The van der Waals surface area contributed by atoms with Crippen LogP contribution >= 0.6 is 0 Å². The predicted octanol–water partition coefficient (Wildman–Crippen LogP) is 0.848. The quantitative estimate of drug-likeness (QED) is 0.723. The van der Waals surface area contributed by atoms with Crippen molar-refractivity contribution in [3.63, 3.8) is 0 Å². The van der Waals surface area contributed by atoms with Gasteiger partial charge >= 0.3 is 0 Å². The average Bonchev–Trinajstić information content (AvgIpc) is 2.25. The minimum atomic E-state index is -0.641. The summed E-state index contributed by atoms with van der Waals surface area (Å²) in [6, 6.07) is 6.98. The molecule has 0 saturated carbocycles. The van der Waals surface area contributed by atoms with Gasteiger partial charge in [-0.25, -0.2) is 0 Å². The molecular formula is C13H21N3O. The molecule has 1 aromatic rings. The molecule has 0 spiro atoms. The maximum absolute atomic E-state index is 11.8. The topological polar surface area (TPSA) is 81.1 Å². The van der Waals surface area contributed by atoms with Gasteiger partial charge < -0.3 is 16.8 Å². The predicted molar refractivity (Wildman–Crippen MR) is 69.4 cm³/mol. The highest BCUT2D eigenvalue weighted by Crippen LogP contribution is 2.11. The van der Waals surface area contributed by atoms with Crippen molar-refractivity contribution in [2.24, 2.45) is 11.5 Å². The summed E-state index contributed by atoms with van der Waals surface area (Å²) in [6.45, 7) is 6.10. The first-order valence-corrected chi connectivity index (χ1v) is 5.68. The summed E-state index contributed by atoms with van der Waals surface area (Å²) in [7, 11) is 0. The summed E-state index contributed by atoms with van der Waals surface area (Å²) in [5.41, 5.74) is 13.2. The lowest BCUT2D eigenvalue weighted by molar-refractivity contribution is -0.122. The van der Waals surface area contributed by atoms with Crippen LogP contribution in [0.4, 0.5) is 0 Å². The summed E-state index contributed by atoms with van der Waals surface area (Å²) >= 11 is 0. The van der Waals surface area contributed by atoms with Crippen molar-refractivity contribution < 1.29 is 4.79 Å². The molecule has 1 rings (SSSR count). The minimum absolute atomic E-state index is 0.202. The van der Waals surface area contributed by atoms with E-state index in [1.807, 2.05) is 45.0 Å². The van der Waals surface area contributed by atoms with Crippen molar-refractivity contribution in [1.82, 2.24) is 5.32 Å². The molecule has 17 heavy (non-hydrogen) atoms. The third-order valence-corrected chi connectivity index (χ3v) is 2.44. The minimum Gasteiger partial charge on any atom is -0.353 e. The Balaban J connectivity index is 2.61. The molecule has 1 amide bonds. The van der Waals surface area contributed by atoms with E-state index in [0.29, 0.717) is 6.54 Å². The molecule has 0 bridgehead atoms. The van der Waals surface area contributed by atoms with E-state index in [-0.39, 0.29) is 5.91 Å². The number of hydrogen-bond acceptors (Lipinski definition) is 3. The normalized spacial score (nSPS) is 13.2. The third kappa shape index (κ3) is 4.54. The monoisotopic (exact) mass is 235 g/mol. The summed E-state index contributed by atoms with van der Waals surface area (Å²) in [4.78, 5) is 11.8. The Hall–Kier alpha value is -1.39. The van der Waals surface area contributed by atoms with Crippen LogP contribution in [0.2, 0.25) is 0 Å². The van der Waals surface area contributed by atoms with Crippen molar-refractivity contribution in [1.29, 1.82) is 0 Å². The lowest BCUT2D eigenvalue weighted by Gasteiger charge is -2.20.